The summed E-state index contributed by atoms with van der Waals surface area (Å²) in [4.78, 5) is 8.96. The van der Waals surface area contributed by atoms with Gasteiger partial charge < -0.3 is 0 Å². The van der Waals surface area contributed by atoms with Crippen molar-refractivity contribution in [2.24, 2.45) is 15.4 Å². The van der Waals surface area contributed by atoms with Gasteiger partial charge in [0.25, 0.3) is 0 Å². The number of aromatic nitrogens is 2. The predicted octanol–water partition coefficient (Wildman–Crippen LogP) is 2.95. The molecule has 0 aliphatic carbocycles. The smallest absolute Gasteiger partial charge is 0.213 e. The molecule has 1 unspecified atom stereocenters. The molecule has 1 aromatic heterocycles. The van der Waals surface area contributed by atoms with E-state index in [-0.39, 0.29) is 11.7 Å². The molecule has 3 rings (SSSR count). The average molecular weight is 415 g/mol. The molecule has 0 N–H and O–H groups in total. The fourth-order valence-electron chi connectivity index (χ4n) is 3.19. The highest BCUT2D eigenvalue weighted by Gasteiger charge is 2.24. The topological polar surface area (TPSA) is 100 Å². The fraction of sp³-hybridized carbons (Fsp3) is 0.450. The highest BCUT2D eigenvalue weighted by atomic mass is 32.2. The van der Waals surface area contributed by atoms with Crippen LogP contribution in [-0.4, -0.2) is 53.8 Å². The van der Waals surface area contributed by atoms with Crippen LogP contribution in [0.15, 0.2) is 52.1 Å². The summed E-state index contributed by atoms with van der Waals surface area (Å²) in [5.74, 6) is 0.707. The molecule has 29 heavy (non-hydrogen) atoms. The minimum absolute atomic E-state index is 0.0449. The molecule has 1 aromatic carbocycles. The number of benzene rings is 1. The lowest BCUT2D eigenvalue weighted by atomic mass is 9.94. The normalized spacial score (nSPS) is 15.0. The van der Waals surface area contributed by atoms with Crippen molar-refractivity contribution < 1.29 is 8.42 Å². The summed E-state index contributed by atoms with van der Waals surface area (Å²) in [5.41, 5.74) is 3.79. The molecule has 0 amide bonds. The summed E-state index contributed by atoms with van der Waals surface area (Å²) >= 11 is 0. The second-order valence-corrected chi connectivity index (χ2v) is 9.24. The summed E-state index contributed by atoms with van der Waals surface area (Å²) in [6.45, 7) is 6.84. The monoisotopic (exact) mass is 414 g/mol. The first-order valence-corrected chi connectivity index (χ1v) is 11.3. The lowest BCUT2D eigenvalue weighted by Crippen LogP contribution is -2.36. The molecule has 0 fully saturated rings. The largest absolute Gasteiger partial charge is 0.241 e. The van der Waals surface area contributed by atoms with E-state index in [1.54, 1.807) is 23.6 Å². The van der Waals surface area contributed by atoms with Crippen LogP contribution < -0.4 is 0 Å². The molecule has 2 aromatic rings. The summed E-state index contributed by atoms with van der Waals surface area (Å²) < 4.78 is 26.5. The molecule has 0 saturated carbocycles. The maximum Gasteiger partial charge on any atom is 0.213 e. The minimum atomic E-state index is -3.28. The van der Waals surface area contributed by atoms with Crippen LogP contribution in [0, 0.1) is 6.92 Å². The van der Waals surface area contributed by atoms with Crippen molar-refractivity contribution in [3.8, 4) is 0 Å². The standard InChI is InChI=1S/C20H26N6O2S/c1-4-26(29(27,28)5-2)14-17(16-8-6-15(3)7-9-16)10-20-21-11-18(12-22-20)19-13-23-25-24-19/h6-9,11-12,17H,4-5,10,13-14H2,1-3H3. The number of aryl methyl sites for hydroxylation is 1. The van der Waals surface area contributed by atoms with Crippen molar-refractivity contribution in [3.05, 3.63) is 59.2 Å². The SMILES string of the molecule is CCN(CC(Cc1ncc(C2=NN=NC2)cn1)c1ccc(C)cc1)S(=O)(=O)CC. The molecule has 9 heteroatoms. The molecule has 154 valence electrons. The van der Waals surface area contributed by atoms with Crippen LogP contribution in [0.5, 0.6) is 0 Å². The van der Waals surface area contributed by atoms with Crippen LogP contribution in [0.2, 0.25) is 0 Å². The van der Waals surface area contributed by atoms with Crippen LogP contribution in [0.1, 0.15) is 42.3 Å². The van der Waals surface area contributed by atoms with E-state index in [1.165, 1.54) is 0 Å². The van der Waals surface area contributed by atoms with Gasteiger partial charge in [-0.05, 0) is 24.6 Å². The van der Waals surface area contributed by atoms with Crippen molar-refractivity contribution >= 4 is 15.7 Å². The molecule has 0 spiro atoms. The van der Waals surface area contributed by atoms with E-state index in [0.29, 0.717) is 31.9 Å². The van der Waals surface area contributed by atoms with Gasteiger partial charge in [0.1, 0.15) is 12.4 Å². The molecule has 1 aliphatic heterocycles. The molecule has 1 atom stereocenters. The average Bonchev–Trinajstić information content (AvgIpc) is 3.27. The zero-order valence-corrected chi connectivity index (χ0v) is 17.8. The summed E-state index contributed by atoms with van der Waals surface area (Å²) in [6, 6.07) is 8.19. The summed E-state index contributed by atoms with van der Waals surface area (Å²) in [6.07, 6.45) is 3.99. The summed E-state index contributed by atoms with van der Waals surface area (Å²) in [5, 5.41) is 11.4. The molecule has 0 saturated heterocycles. The van der Waals surface area contributed by atoms with Gasteiger partial charge in [-0.3, -0.25) is 0 Å². The number of hydrogen-bond acceptors (Lipinski definition) is 7. The zero-order chi connectivity index (χ0) is 20.9. The van der Waals surface area contributed by atoms with Crippen LogP contribution in [-0.2, 0) is 16.4 Å². The van der Waals surface area contributed by atoms with Gasteiger partial charge in [0.2, 0.25) is 10.0 Å². The first kappa shape index (κ1) is 21.2. The maximum atomic E-state index is 12.5. The van der Waals surface area contributed by atoms with Gasteiger partial charge in [0, 0.05) is 43.4 Å². The Hall–Kier alpha value is -2.52. The number of sulfonamides is 1. The number of nitrogens with zero attached hydrogens (tertiary/aromatic N) is 6. The Morgan fingerprint density at radius 1 is 1.10 bits per heavy atom. The number of rotatable bonds is 9. The van der Waals surface area contributed by atoms with Gasteiger partial charge in [-0.15, -0.1) is 5.10 Å². The number of likely N-dealkylation sites (N-methyl/N-ethyl adjacent to an activating group) is 1. The van der Waals surface area contributed by atoms with Crippen molar-refractivity contribution in [2.45, 2.75) is 33.1 Å². The Kier molecular flexibility index (Phi) is 6.81. The molecule has 1 aliphatic rings. The van der Waals surface area contributed by atoms with Gasteiger partial charge >= 0.3 is 0 Å². The van der Waals surface area contributed by atoms with Gasteiger partial charge in [-0.2, -0.15) is 5.11 Å². The molecule has 2 heterocycles. The van der Waals surface area contributed by atoms with E-state index in [1.807, 2.05) is 26.0 Å². The highest BCUT2D eigenvalue weighted by Crippen LogP contribution is 2.23. The third kappa shape index (κ3) is 5.30. The van der Waals surface area contributed by atoms with Crippen molar-refractivity contribution in [1.82, 2.24) is 14.3 Å². The molecule has 8 nitrogen and oxygen atoms in total. The Labute approximate surface area is 171 Å². The minimum Gasteiger partial charge on any atom is -0.241 e. The Morgan fingerprint density at radius 2 is 1.79 bits per heavy atom. The van der Waals surface area contributed by atoms with E-state index >= 15 is 0 Å². The van der Waals surface area contributed by atoms with Gasteiger partial charge in [-0.1, -0.05) is 36.8 Å². The second kappa shape index (κ2) is 9.32. The van der Waals surface area contributed by atoms with Crippen molar-refractivity contribution in [2.75, 3.05) is 25.4 Å². The zero-order valence-electron chi connectivity index (χ0n) is 17.0. The van der Waals surface area contributed by atoms with E-state index in [4.69, 9.17) is 0 Å². The number of hydrogen-bond donors (Lipinski definition) is 0. The third-order valence-corrected chi connectivity index (χ3v) is 6.92. The lowest BCUT2D eigenvalue weighted by molar-refractivity contribution is 0.394. The fourth-order valence-corrected chi connectivity index (χ4v) is 4.35. The Bertz CT molecular complexity index is 985. The van der Waals surface area contributed by atoms with Crippen molar-refractivity contribution in [1.29, 1.82) is 0 Å². The van der Waals surface area contributed by atoms with E-state index in [9.17, 15) is 8.42 Å². The summed E-state index contributed by atoms with van der Waals surface area (Å²) in [7, 11) is -3.28. The predicted molar refractivity (Wildman–Crippen MR) is 113 cm³/mol. The highest BCUT2D eigenvalue weighted by molar-refractivity contribution is 7.89. The molecule has 0 radical (unpaired) electrons. The second-order valence-electron chi connectivity index (χ2n) is 6.99. The van der Waals surface area contributed by atoms with E-state index in [2.05, 4.69) is 37.5 Å². The van der Waals surface area contributed by atoms with Gasteiger partial charge in [-0.25, -0.2) is 22.7 Å². The Balaban J connectivity index is 1.83. The maximum absolute atomic E-state index is 12.5. The van der Waals surface area contributed by atoms with Crippen molar-refractivity contribution in [3.63, 3.8) is 0 Å². The Morgan fingerprint density at radius 3 is 2.34 bits per heavy atom. The van der Waals surface area contributed by atoms with E-state index < -0.39 is 10.0 Å². The third-order valence-electron chi connectivity index (χ3n) is 5.00. The first-order chi connectivity index (χ1) is 13.9. The lowest BCUT2D eigenvalue weighted by Gasteiger charge is -2.26. The first-order valence-electron chi connectivity index (χ1n) is 9.72. The molecular weight excluding hydrogens is 388 g/mol. The van der Waals surface area contributed by atoms with Crippen LogP contribution in [0.4, 0.5) is 0 Å². The van der Waals surface area contributed by atoms with Crippen LogP contribution >= 0.6 is 0 Å². The molecule has 0 bridgehead atoms. The molecular formula is C20H26N6O2S. The quantitative estimate of drug-likeness (QED) is 0.629. The van der Waals surface area contributed by atoms with Gasteiger partial charge in [0.05, 0.1) is 11.5 Å². The van der Waals surface area contributed by atoms with Gasteiger partial charge in [0.15, 0.2) is 0 Å². The van der Waals surface area contributed by atoms with E-state index in [0.717, 1.165) is 22.4 Å². The van der Waals surface area contributed by atoms with Crippen LogP contribution in [0.3, 0.4) is 0 Å². The van der Waals surface area contributed by atoms with Crippen LogP contribution in [0.25, 0.3) is 0 Å².